The Morgan fingerprint density at radius 2 is 1.88 bits per heavy atom. The molecule has 6 nitrogen and oxygen atoms in total. The Labute approximate surface area is 89.1 Å². The summed E-state index contributed by atoms with van der Waals surface area (Å²) in [5.74, 6) is -3.36. The molecule has 2 N–H and O–H groups in total. The highest BCUT2D eigenvalue weighted by Crippen LogP contribution is 2.26. The van der Waals surface area contributed by atoms with Crippen molar-refractivity contribution in [2.45, 2.75) is 6.61 Å². The molecule has 0 fully saturated rings. The van der Waals surface area contributed by atoms with Gasteiger partial charge in [0.1, 0.15) is 6.61 Å². The molecule has 0 unspecified atom stereocenters. The van der Waals surface area contributed by atoms with E-state index in [1.165, 1.54) is 6.07 Å². The third-order valence-electron chi connectivity index (χ3n) is 2.32. The summed E-state index contributed by atoms with van der Waals surface area (Å²) >= 11 is 0. The van der Waals surface area contributed by atoms with E-state index in [2.05, 4.69) is 4.74 Å². The van der Waals surface area contributed by atoms with Gasteiger partial charge < -0.3 is 14.9 Å². The summed E-state index contributed by atoms with van der Waals surface area (Å²) in [5.41, 5.74) is -0.486. The molecule has 16 heavy (non-hydrogen) atoms. The predicted octanol–water partition coefficient (Wildman–Crippen LogP) is 0.753. The zero-order valence-corrected chi connectivity index (χ0v) is 7.89. The lowest BCUT2D eigenvalue weighted by atomic mass is 9.97. The van der Waals surface area contributed by atoms with E-state index in [-0.39, 0.29) is 28.9 Å². The van der Waals surface area contributed by atoms with Crippen LogP contribution in [0.25, 0.3) is 0 Å². The van der Waals surface area contributed by atoms with Crippen molar-refractivity contribution < 1.29 is 29.3 Å². The third kappa shape index (κ3) is 1.31. The number of carbonyl (C=O) groups excluding carboxylic acids is 1. The molecule has 0 radical (unpaired) electrons. The number of hydrogen-bond donors (Lipinski definition) is 2. The number of carboxylic acid groups (broad SMARTS) is 2. The van der Waals surface area contributed by atoms with Crippen LogP contribution >= 0.6 is 0 Å². The van der Waals surface area contributed by atoms with Crippen molar-refractivity contribution in [1.29, 1.82) is 0 Å². The van der Waals surface area contributed by atoms with Crippen LogP contribution in [0.2, 0.25) is 0 Å². The second-order valence-electron chi connectivity index (χ2n) is 3.20. The van der Waals surface area contributed by atoms with Gasteiger partial charge in [0.15, 0.2) is 0 Å². The summed E-state index contributed by atoms with van der Waals surface area (Å²) < 4.78 is 4.65. The molecule has 0 aromatic heterocycles. The molecule has 1 aliphatic rings. The number of carbonyl (C=O) groups is 3. The van der Waals surface area contributed by atoms with Gasteiger partial charge in [0.2, 0.25) is 0 Å². The number of benzene rings is 1. The molecule has 0 atom stereocenters. The van der Waals surface area contributed by atoms with E-state index in [1.807, 2.05) is 0 Å². The zero-order chi connectivity index (χ0) is 11.9. The largest absolute Gasteiger partial charge is 0.478 e. The molecule has 2 rings (SSSR count). The Morgan fingerprint density at radius 3 is 2.44 bits per heavy atom. The van der Waals surface area contributed by atoms with E-state index < -0.39 is 17.9 Å². The van der Waals surface area contributed by atoms with Crippen LogP contribution in [0.15, 0.2) is 12.1 Å². The minimum atomic E-state index is -1.38. The second-order valence-corrected chi connectivity index (χ2v) is 3.20. The number of esters is 1. The molecule has 1 heterocycles. The minimum Gasteiger partial charge on any atom is -0.478 e. The summed E-state index contributed by atoms with van der Waals surface area (Å²) in [6.07, 6.45) is 0. The topological polar surface area (TPSA) is 101 Å². The number of ether oxygens (including phenoxy) is 1. The Kier molecular flexibility index (Phi) is 2.12. The highest BCUT2D eigenvalue weighted by Gasteiger charge is 2.30. The fourth-order valence-corrected chi connectivity index (χ4v) is 1.63. The van der Waals surface area contributed by atoms with Crippen LogP contribution < -0.4 is 0 Å². The fraction of sp³-hybridized carbons (Fsp3) is 0.100. The Hall–Kier alpha value is -2.37. The first kappa shape index (κ1) is 10.2. The first-order valence-corrected chi connectivity index (χ1v) is 4.32. The molecule has 0 bridgehead atoms. The molecule has 6 heteroatoms. The van der Waals surface area contributed by atoms with Gasteiger partial charge in [-0.1, -0.05) is 0 Å². The number of fused-ring (bicyclic) bond motifs is 1. The van der Waals surface area contributed by atoms with Crippen molar-refractivity contribution in [1.82, 2.24) is 0 Å². The van der Waals surface area contributed by atoms with Gasteiger partial charge in [0.25, 0.3) is 0 Å². The molecule has 0 amide bonds. The van der Waals surface area contributed by atoms with E-state index in [1.54, 1.807) is 0 Å². The molecule has 0 spiro atoms. The van der Waals surface area contributed by atoms with Crippen molar-refractivity contribution in [3.05, 3.63) is 34.4 Å². The predicted molar refractivity (Wildman–Crippen MR) is 49.5 cm³/mol. The van der Waals surface area contributed by atoms with E-state index in [9.17, 15) is 14.4 Å². The first-order chi connectivity index (χ1) is 7.52. The first-order valence-electron chi connectivity index (χ1n) is 4.32. The Balaban J connectivity index is 2.74. The highest BCUT2D eigenvalue weighted by molar-refractivity contribution is 6.06. The van der Waals surface area contributed by atoms with Gasteiger partial charge >= 0.3 is 17.9 Å². The van der Waals surface area contributed by atoms with Crippen LogP contribution in [0, 0.1) is 0 Å². The van der Waals surface area contributed by atoms with Crippen LogP contribution in [-0.2, 0) is 11.3 Å². The molecular weight excluding hydrogens is 216 g/mol. The lowest BCUT2D eigenvalue weighted by Crippen LogP contribution is -2.11. The molecule has 0 saturated carbocycles. The van der Waals surface area contributed by atoms with Crippen molar-refractivity contribution in [2.24, 2.45) is 0 Å². The number of hydrogen-bond acceptors (Lipinski definition) is 4. The molecule has 82 valence electrons. The second kappa shape index (κ2) is 3.34. The van der Waals surface area contributed by atoms with Crippen LogP contribution in [0.4, 0.5) is 0 Å². The summed E-state index contributed by atoms with van der Waals surface area (Å²) in [6, 6.07) is 2.36. The standard InChI is InChI=1S/C10H6O6/c11-8(12)5-2-1-4-6(3-16-10(4)15)7(5)9(13)14/h1-2H,3H2,(H,11,12)(H,13,14). The van der Waals surface area contributed by atoms with Gasteiger partial charge in [-0.25, -0.2) is 14.4 Å². The van der Waals surface area contributed by atoms with Gasteiger partial charge in [0.05, 0.1) is 16.7 Å². The van der Waals surface area contributed by atoms with E-state index in [0.29, 0.717) is 0 Å². The molecule has 1 aliphatic heterocycles. The van der Waals surface area contributed by atoms with Crippen molar-refractivity contribution in [2.75, 3.05) is 0 Å². The summed E-state index contributed by atoms with van der Waals surface area (Å²) in [5, 5.41) is 17.8. The van der Waals surface area contributed by atoms with Gasteiger partial charge in [-0.2, -0.15) is 0 Å². The van der Waals surface area contributed by atoms with E-state index in [0.717, 1.165) is 6.07 Å². The number of aromatic carboxylic acids is 2. The lowest BCUT2D eigenvalue weighted by Gasteiger charge is -2.04. The van der Waals surface area contributed by atoms with Gasteiger partial charge in [-0.05, 0) is 12.1 Å². The molecular formula is C10H6O6. The average molecular weight is 222 g/mol. The maximum atomic E-state index is 11.2. The Morgan fingerprint density at radius 1 is 1.19 bits per heavy atom. The third-order valence-corrected chi connectivity index (χ3v) is 2.32. The van der Waals surface area contributed by atoms with Gasteiger partial charge in [-0.3, -0.25) is 0 Å². The van der Waals surface area contributed by atoms with Gasteiger partial charge in [0, 0.05) is 5.56 Å². The molecule has 1 aromatic rings. The van der Waals surface area contributed by atoms with Crippen LogP contribution in [0.1, 0.15) is 36.6 Å². The molecule has 0 aliphatic carbocycles. The number of rotatable bonds is 2. The van der Waals surface area contributed by atoms with Crippen molar-refractivity contribution in [3.63, 3.8) is 0 Å². The quantitative estimate of drug-likeness (QED) is 0.716. The maximum Gasteiger partial charge on any atom is 0.338 e. The summed E-state index contributed by atoms with van der Waals surface area (Å²) in [6.45, 7) is -0.198. The SMILES string of the molecule is O=C1OCc2c1ccc(C(=O)O)c2C(=O)O. The number of carboxylic acids is 2. The zero-order valence-electron chi connectivity index (χ0n) is 7.89. The van der Waals surface area contributed by atoms with E-state index in [4.69, 9.17) is 10.2 Å². The summed E-state index contributed by atoms with van der Waals surface area (Å²) in [7, 11) is 0. The average Bonchev–Trinajstić information content (AvgIpc) is 2.58. The molecule has 1 aromatic carbocycles. The number of cyclic esters (lactones) is 1. The molecule has 0 saturated heterocycles. The van der Waals surface area contributed by atoms with Crippen LogP contribution in [0.5, 0.6) is 0 Å². The van der Waals surface area contributed by atoms with Crippen LogP contribution in [-0.4, -0.2) is 28.1 Å². The van der Waals surface area contributed by atoms with Gasteiger partial charge in [-0.15, -0.1) is 0 Å². The minimum absolute atomic E-state index is 0.113. The maximum absolute atomic E-state index is 11.2. The van der Waals surface area contributed by atoms with E-state index >= 15 is 0 Å². The van der Waals surface area contributed by atoms with Crippen molar-refractivity contribution in [3.8, 4) is 0 Å². The highest BCUT2D eigenvalue weighted by atomic mass is 16.5. The fourth-order valence-electron chi connectivity index (χ4n) is 1.63. The Bertz CT molecular complexity index is 516. The monoisotopic (exact) mass is 222 g/mol. The normalized spacial score (nSPS) is 13.1. The summed E-state index contributed by atoms with van der Waals surface area (Å²) in [4.78, 5) is 32.9. The lowest BCUT2D eigenvalue weighted by molar-refractivity contribution is 0.0530. The van der Waals surface area contributed by atoms with Crippen molar-refractivity contribution >= 4 is 17.9 Å². The van der Waals surface area contributed by atoms with Crippen LogP contribution in [0.3, 0.4) is 0 Å². The smallest absolute Gasteiger partial charge is 0.338 e.